The average molecular weight is 271 g/mol. The van der Waals surface area contributed by atoms with Crippen LogP contribution in [0.4, 0.5) is 0 Å². The van der Waals surface area contributed by atoms with Crippen molar-refractivity contribution < 1.29 is 0 Å². The molecule has 98 valence electrons. The number of fused-ring (bicyclic) bond motifs is 1. The maximum absolute atomic E-state index is 4.58. The van der Waals surface area contributed by atoms with E-state index in [1.54, 1.807) is 11.3 Å². The van der Waals surface area contributed by atoms with Gasteiger partial charge in [-0.05, 0) is 30.5 Å². The fourth-order valence-corrected chi connectivity index (χ4v) is 2.97. The van der Waals surface area contributed by atoms with Crippen LogP contribution in [0.3, 0.4) is 0 Å². The molecule has 0 aliphatic heterocycles. The van der Waals surface area contributed by atoms with Gasteiger partial charge in [0.2, 0.25) is 0 Å². The predicted octanol–water partition coefficient (Wildman–Crippen LogP) is 3.20. The number of rotatable bonds is 5. The molecule has 19 heavy (non-hydrogen) atoms. The number of thiophene rings is 1. The van der Waals surface area contributed by atoms with Crippen molar-refractivity contribution in [1.29, 1.82) is 0 Å². The van der Waals surface area contributed by atoms with Gasteiger partial charge in [-0.25, -0.2) is 4.98 Å². The van der Waals surface area contributed by atoms with Crippen molar-refractivity contribution in [2.24, 2.45) is 0 Å². The van der Waals surface area contributed by atoms with Crippen LogP contribution in [0, 0.1) is 6.92 Å². The highest BCUT2D eigenvalue weighted by atomic mass is 32.1. The second-order valence-corrected chi connectivity index (χ2v) is 5.59. The zero-order chi connectivity index (χ0) is 13.1. The van der Waals surface area contributed by atoms with E-state index >= 15 is 0 Å². The Morgan fingerprint density at radius 3 is 2.95 bits per heavy atom. The topological polar surface area (TPSA) is 29.9 Å². The number of benzene rings is 1. The van der Waals surface area contributed by atoms with Crippen molar-refractivity contribution >= 4 is 22.4 Å². The first-order valence-corrected chi connectivity index (χ1v) is 7.37. The summed E-state index contributed by atoms with van der Waals surface area (Å²) in [6, 6.07) is 12.6. The van der Waals surface area contributed by atoms with Crippen LogP contribution >= 0.6 is 11.3 Å². The summed E-state index contributed by atoms with van der Waals surface area (Å²) in [4.78, 5) is 5.96. The van der Waals surface area contributed by atoms with E-state index in [-0.39, 0.29) is 0 Å². The highest BCUT2D eigenvalue weighted by Crippen LogP contribution is 2.15. The first-order chi connectivity index (χ1) is 9.34. The molecule has 0 amide bonds. The molecule has 0 saturated heterocycles. The molecule has 1 N–H and O–H groups in total. The van der Waals surface area contributed by atoms with Gasteiger partial charge in [0.05, 0.1) is 11.0 Å². The Morgan fingerprint density at radius 1 is 1.21 bits per heavy atom. The molecular weight excluding hydrogens is 254 g/mol. The lowest BCUT2D eigenvalue weighted by Crippen LogP contribution is -2.19. The van der Waals surface area contributed by atoms with E-state index < -0.39 is 0 Å². The van der Waals surface area contributed by atoms with Gasteiger partial charge in [0.25, 0.3) is 0 Å². The molecule has 0 bridgehead atoms. The highest BCUT2D eigenvalue weighted by molar-refractivity contribution is 7.09. The molecular formula is C15H17N3S. The van der Waals surface area contributed by atoms with E-state index in [1.165, 1.54) is 10.4 Å². The first kappa shape index (κ1) is 12.4. The van der Waals surface area contributed by atoms with E-state index in [0.717, 1.165) is 31.0 Å². The molecule has 2 aromatic heterocycles. The number of nitrogens with one attached hydrogen (secondary N) is 1. The molecule has 2 heterocycles. The van der Waals surface area contributed by atoms with E-state index in [1.807, 2.05) is 6.07 Å². The highest BCUT2D eigenvalue weighted by Gasteiger charge is 2.05. The Morgan fingerprint density at radius 2 is 2.11 bits per heavy atom. The molecule has 3 aromatic rings. The van der Waals surface area contributed by atoms with Gasteiger partial charge in [0.15, 0.2) is 0 Å². The molecule has 4 heteroatoms. The Hall–Kier alpha value is -1.65. The Bertz CT molecular complexity index is 655. The Balaban J connectivity index is 1.63. The molecule has 0 unspecified atom stereocenters. The zero-order valence-corrected chi connectivity index (χ0v) is 11.8. The number of hydrogen-bond donors (Lipinski definition) is 1. The van der Waals surface area contributed by atoms with Crippen LogP contribution in [-0.4, -0.2) is 16.1 Å². The number of imidazole rings is 1. The molecule has 0 aliphatic carbocycles. The molecule has 0 aliphatic rings. The number of aromatic nitrogens is 2. The monoisotopic (exact) mass is 271 g/mol. The van der Waals surface area contributed by atoms with Gasteiger partial charge in [0, 0.05) is 24.5 Å². The van der Waals surface area contributed by atoms with Crippen LogP contribution < -0.4 is 5.32 Å². The lowest BCUT2D eigenvalue weighted by Gasteiger charge is -2.07. The van der Waals surface area contributed by atoms with Gasteiger partial charge in [-0.2, -0.15) is 0 Å². The largest absolute Gasteiger partial charge is 0.327 e. The lowest BCUT2D eigenvalue weighted by molar-refractivity contribution is 0.600. The lowest BCUT2D eigenvalue weighted by atomic mass is 10.3. The standard InChI is InChI=1S/C15H17N3S/c1-12-17-14-6-2-3-7-15(14)18(12)9-8-16-11-13-5-4-10-19-13/h2-7,10,16H,8-9,11H2,1H3. The summed E-state index contributed by atoms with van der Waals surface area (Å²) in [7, 11) is 0. The third-order valence-electron chi connectivity index (χ3n) is 3.24. The summed E-state index contributed by atoms with van der Waals surface area (Å²) in [5.41, 5.74) is 2.30. The molecule has 0 spiro atoms. The molecule has 0 radical (unpaired) electrons. The summed E-state index contributed by atoms with van der Waals surface area (Å²) in [5, 5.41) is 5.60. The van der Waals surface area contributed by atoms with Crippen molar-refractivity contribution in [3.05, 3.63) is 52.5 Å². The van der Waals surface area contributed by atoms with Crippen molar-refractivity contribution in [3.8, 4) is 0 Å². The molecule has 3 rings (SSSR count). The van der Waals surface area contributed by atoms with Crippen molar-refractivity contribution in [2.45, 2.75) is 20.0 Å². The van der Waals surface area contributed by atoms with Crippen LogP contribution in [0.5, 0.6) is 0 Å². The summed E-state index contributed by atoms with van der Waals surface area (Å²) in [5.74, 6) is 1.08. The fraction of sp³-hybridized carbons (Fsp3) is 0.267. The second-order valence-electron chi connectivity index (χ2n) is 4.56. The smallest absolute Gasteiger partial charge is 0.106 e. The van der Waals surface area contributed by atoms with Crippen LogP contribution in [-0.2, 0) is 13.1 Å². The SMILES string of the molecule is Cc1nc2ccccc2n1CCNCc1cccs1. The quantitative estimate of drug-likeness (QED) is 0.722. The minimum absolute atomic E-state index is 0.948. The van der Waals surface area contributed by atoms with Crippen LogP contribution in [0.2, 0.25) is 0 Å². The van der Waals surface area contributed by atoms with Gasteiger partial charge in [-0.3, -0.25) is 0 Å². The van der Waals surface area contributed by atoms with Crippen molar-refractivity contribution in [1.82, 2.24) is 14.9 Å². The number of para-hydroxylation sites is 2. The van der Waals surface area contributed by atoms with Crippen molar-refractivity contribution in [3.63, 3.8) is 0 Å². The van der Waals surface area contributed by atoms with Gasteiger partial charge >= 0.3 is 0 Å². The summed E-state index contributed by atoms with van der Waals surface area (Å²) >= 11 is 1.79. The summed E-state index contributed by atoms with van der Waals surface area (Å²) < 4.78 is 2.27. The summed E-state index contributed by atoms with van der Waals surface area (Å²) in [6.07, 6.45) is 0. The molecule has 3 nitrogen and oxygen atoms in total. The molecule has 1 aromatic carbocycles. The fourth-order valence-electron chi connectivity index (χ4n) is 2.29. The number of aryl methyl sites for hydroxylation is 1. The van der Waals surface area contributed by atoms with Gasteiger partial charge in [0.1, 0.15) is 5.82 Å². The normalized spacial score (nSPS) is 11.2. The predicted molar refractivity (Wildman–Crippen MR) is 80.5 cm³/mol. The third kappa shape index (κ3) is 2.69. The number of hydrogen-bond acceptors (Lipinski definition) is 3. The van der Waals surface area contributed by atoms with Gasteiger partial charge in [-0.1, -0.05) is 18.2 Å². The number of nitrogens with zero attached hydrogens (tertiary/aromatic N) is 2. The van der Waals surface area contributed by atoms with Gasteiger partial charge < -0.3 is 9.88 Å². The second kappa shape index (κ2) is 5.55. The minimum atomic E-state index is 0.948. The molecule has 0 fully saturated rings. The van der Waals surface area contributed by atoms with E-state index in [0.29, 0.717) is 0 Å². The van der Waals surface area contributed by atoms with E-state index in [2.05, 4.69) is 57.5 Å². The molecule has 0 atom stereocenters. The maximum Gasteiger partial charge on any atom is 0.106 e. The summed E-state index contributed by atoms with van der Waals surface area (Å²) in [6.45, 7) is 4.93. The third-order valence-corrected chi connectivity index (χ3v) is 4.11. The van der Waals surface area contributed by atoms with E-state index in [9.17, 15) is 0 Å². The first-order valence-electron chi connectivity index (χ1n) is 6.49. The Kier molecular flexibility index (Phi) is 3.62. The van der Waals surface area contributed by atoms with Crippen LogP contribution in [0.25, 0.3) is 11.0 Å². The molecule has 0 saturated carbocycles. The van der Waals surface area contributed by atoms with Crippen LogP contribution in [0.1, 0.15) is 10.7 Å². The minimum Gasteiger partial charge on any atom is -0.327 e. The Labute approximate surface area is 116 Å². The van der Waals surface area contributed by atoms with Crippen molar-refractivity contribution in [2.75, 3.05) is 6.54 Å². The zero-order valence-electron chi connectivity index (χ0n) is 11.0. The maximum atomic E-state index is 4.58. The van der Waals surface area contributed by atoms with Gasteiger partial charge in [-0.15, -0.1) is 11.3 Å². The van der Waals surface area contributed by atoms with Crippen LogP contribution in [0.15, 0.2) is 41.8 Å². The van der Waals surface area contributed by atoms with E-state index in [4.69, 9.17) is 0 Å². The average Bonchev–Trinajstić information content (AvgIpc) is 3.02.